The molecule has 0 aromatic rings. The first-order valence-corrected chi connectivity index (χ1v) is 10.6. The predicted molar refractivity (Wildman–Crippen MR) is 117 cm³/mol. The minimum absolute atomic E-state index is 0. The number of nitrogens with zero attached hydrogens (tertiary/aromatic N) is 3. The molecule has 3 fully saturated rings. The Morgan fingerprint density at radius 1 is 0.714 bits per heavy atom. The van der Waals surface area contributed by atoms with E-state index in [4.69, 9.17) is 5.73 Å². The van der Waals surface area contributed by atoms with E-state index in [1.54, 1.807) is 0 Å². The van der Waals surface area contributed by atoms with Gasteiger partial charge in [-0.2, -0.15) is 0 Å². The van der Waals surface area contributed by atoms with E-state index in [1.807, 2.05) is 9.80 Å². The Hall–Kier alpha value is -0.560. The van der Waals surface area contributed by atoms with E-state index in [0.29, 0.717) is 19.5 Å². The first-order valence-electron chi connectivity index (χ1n) is 10.6. The first kappa shape index (κ1) is 25.5. The van der Waals surface area contributed by atoms with Crippen molar-refractivity contribution < 1.29 is 9.59 Å². The molecule has 0 aromatic carbocycles. The number of halogens is 2. The first-order chi connectivity index (χ1) is 12.6. The molecule has 0 unspecified atom stereocenters. The van der Waals surface area contributed by atoms with Gasteiger partial charge in [-0.15, -0.1) is 24.8 Å². The van der Waals surface area contributed by atoms with Crippen molar-refractivity contribution in [3.05, 3.63) is 0 Å². The number of hydrogen-bond donors (Lipinski definition) is 1. The van der Waals surface area contributed by atoms with E-state index in [2.05, 4.69) is 4.90 Å². The van der Waals surface area contributed by atoms with Gasteiger partial charge in [0.15, 0.2) is 0 Å². The molecule has 1 saturated carbocycles. The van der Waals surface area contributed by atoms with Gasteiger partial charge >= 0.3 is 0 Å². The summed E-state index contributed by atoms with van der Waals surface area (Å²) in [5, 5.41) is 0. The van der Waals surface area contributed by atoms with E-state index >= 15 is 0 Å². The van der Waals surface area contributed by atoms with Crippen molar-refractivity contribution >= 4 is 36.6 Å². The zero-order valence-electron chi connectivity index (χ0n) is 17.1. The van der Waals surface area contributed by atoms with Gasteiger partial charge in [0, 0.05) is 45.7 Å². The largest absolute Gasteiger partial charge is 0.342 e. The second-order valence-corrected chi connectivity index (χ2v) is 8.54. The van der Waals surface area contributed by atoms with Gasteiger partial charge in [0.05, 0.1) is 6.54 Å². The standard InChI is InChI=1S/C20H36N4O2.2ClH/c21-17-20(7-2-1-3-8-20)15-18(25)24-12-6-9-22(13-14-24)16-19(26)23-10-4-5-11-23;;/h1-17,21H2;2*1H. The van der Waals surface area contributed by atoms with Crippen LogP contribution >= 0.6 is 24.8 Å². The van der Waals surface area contributed by atoms with Crippen molar-refractivity contribution in [1.82, 2.24) is 14.7 Å². The lowest BCUT2D eigenvalue weighted by atomic mass is 9.71. The Labute approximate surface area is 182 Å². The summed E-state index contributed by atoms with van der Waals surface area (Å²) in [6.45, 7) is 6.24. The minimum atomic E-state index is 0. The van der Waals surface area contributed by atoms with Gasteiger partial charge in [-0.25, -0.2) is 0 Å². The van der Waals surface area contributed by atoms with Crippen LogP contribution in [0.1, 0.15) is 57.8 Å². The van der Waals surface area contributed by atoms with Crippen molar-refractivity contribution in [2.45, 2.75) is 57.8 Å². The molecule has 28 heavy (non-hydrogen) atoms. The Bertz CT molecular complexity index is 495. The summed E-state index contributed by atoms with van der Waals surface area (Å²) in [5.41, 5.74) is 6.10. The summed E-state index contributed by atoms with van der Waals surface area (Å²) >= 11 is 0. The zero-order valence-corrected chi connectivity index (χ0v) is 18.7. The maximum Gasteiger partial charge on any atom is 0.236 e. The van der Waals surface area contributed by atoms with E-state index in [9.17, 15) is 9.59 Å². The van der Waals surface area contributed by atoms with Gasteiger partial charge < -0.3 is 15.5 Å². The second-order valence-electron chi connectivity index (χ2n) is 8.54. The monoisotopic (exact) mass is 436 g/mol. The van der Waals surface area contributed by atoms with Gasteiger partial charge in [0.25, 0.3) is 0 Å². The predicted octanol–water partition coefficient (Wildman–Crippen LogP) is 2.29. The highest BCUT2D eigenvalue weighted by molar-refractivity contribution is 5.85. The maximum atomic E-state index is 12.9. The third-order valence-electron chi connectivity index (χ3n) is 6.63. The molecular weight excluding hydrogens is 399 g/mol. The van der Waals surface area contributed by atoms with Gasteiger partial charge in [-0.3, -0.25) is 14.5 Å². The molecule has 3 rings (SSSR count). The molecule has 0 aromatic heterocycles. The van der Waals surface area contributed by atoms with Crippen LogP contribution in [-0.4, -0.2) is 78.9 Å². The highest BCUT2D eigenvalue weighted by atomic mass is 35.5. The van der Waals surface area contributed by atoms with Gasteiger partial charge in [0.2, 0.25) is 11.8 Å². The topological polar surface area (TPSA) is 69.9 Å². The molecule has 8 heteroatoms. The average molecular weight is 437 g/mol. The normalized spacial score (nSPS) is 22.8. The van der Waals surface area contributed by atoms with Crippen molar-refractivity contribution in [3.63, 3.8) is 0 Å². The van der Waals surface area contributed by atoms with E-state index in [1.165, 1.54) is 19.3 Å². The maximum absolute atomic E-state index is 12.9. The zero-order chi connectivity index (χ0) is 18.4. The molecule has 3 aliphatic rings. The van der Waals surface area contributed by atoms with Crippen LogP contribution in [-0.2, 0) is 9.59 Å². The lowest BCUT2D eigenvalue weighted by Gasteiger charge is -2.37. The lowest BCUT2D eigenvalue weighted by Crippen LogP contribution is -2.43. The molecule has 2 aliphatic heterocycles. The Morgan fingerprint density at radius 2 is 1.32 bits per heavy atom. The van der Waals surface area contributed by atoms with E-state index in [-0.39, 0.29) is 42.0 Å². The minimum Gasteiger partial charge on any atom is -0.342 e. The van der Waals surface area contributed by atoms with Crippen LogP contribution in [0.2, 0.25) is 0 Å². The second kappa shape index (κ2) is 12.2. The SMILES string of the molecule is Cl.Cl.NCC1(CC(=O)N2CCCN(CC(=O)N3CCCC3)CC2)CCCCC1. The number of amides is 2. The molecule has 0 bridgehead atoms. The Morgan fingerprint density at radius 3 is 1.96 bits per heavy atom. The van der Waals surface area contributed by atoms with Crippen LogP contribution in [0.3, 0.4) is 0 Å². The lowest BCUT2D eigenvalue weighted by molar-refractivity contribution is -0.134. The third kappa shape index (κ3) is 6.75. The number of carbonyl (C=O) groups is 2. The molecule has 2 amide bonds. The Balaban J connectivity index is 0.00000196. The molecule has 6 nitrogen and oxygen atoms in total. The van der Waals surface area contributed by atoms with Crippen molar-refractivity contribution in [2.24, 2.45) is 11.1 Å². The summed E-state index contributed by atoms with van der Waals surface area (Å²) in [7, 11) is 0. The molecule has 0 radical (unpaired) electrons. The average Bonchev–Trinajstić information content (AvgIpc) is 3.10. The molecule has 2 N–H and O–H groups in total. The van der Waals surface area contributed by atoms with Crippen molar-refractivity contribution in [3.8, 4) is 0 Å². The number of nitrogens with two attached hydrogens (primary N) is 1. The van der Waals surface area contributed by atoms with Crippen molar-refractivity contribution in [1.29, 1.82) is 0 Å². The highest BCUT2D eigenvalue weighted by Gasteiger charge is 2.35. The highest BCUT2D eigenvalue weighted by Crippen LogP contribution is 2.38. The molecule has 2 heterocycles. The van der Waals surface area contributed by atoms with Gasteiger partial charge in [-0.1, -0.05) is 19.3 Å². The molecular formula is C20H38Cl2N4O2. The summed E-state index contributed by atoms with van der Waals surface area (Å²) in [6.07, 6.45) is 9.71. The summed E-state index contributed by atoms with van der Waals surface area (Å²) in [4.78, 5) is 31.5. The molecule has 2 saturated heterocycles. The molecule has 1 aliphatic carbocycles. The van der Waals surface area contributed by atoms with Crippen LogP contribution in [0, 0.1) is 5.41 Å². The third-order valence-corrected chi connectivity index (χ3v) is 6.63. The van der Waals surface area contributed by atoms with Crippen LogP contribution < -0.4 is 5.73 Å². The van der Waals surface area contributed by atoms with Gasteiger partial charge in [0.1, 0.15) is 0 Å². The van der Waals surface area contributed by atoms with Crippen LogP contribution in [0.5, 0.6) is 0 Å². The van der Waals surface area contributed by atoms with Crippen molar-refractivity contribution in [2.75, 3.05) is 52.4 Å². The quantitative estimate of drug-likeness (QED) is 0.717. The van der Waals surface area contributed by atoms with Crippen LogP contribution in [0.15, 0.2) is 0 Å². The molecule has 0 atom stereocenters. The summed E-state index contributed by atoms with van der Waals surface area (Å²) in [6, 6.07) is 0. The number of carbonyl (C=O) groups excluding carboxylic acids is 2. The van der Waals surface area contributed by atoms with E-state index in [0.717, 1.165) is 71.4 Å². The van der Waals surface area contributed by atoms with Gasteiger partial charge in [-0.05, 0) is 44.1 Å². The molecule has 0 spiro atoms. The fraction of sp³-hybridized carbons (Fsp3) is 0.900. The number of rotatable bonds is 5. The Kier molecular flexibility index (Phi) is 11.1. The van der Waals surface area contributed by atoms with Crippen LogP contribution in [0.25, 0.3) is 0 Å². The fourth-order valence-corrected chi connectivity index (χ4v) is 4.82. The molecule has 164 valence electrons. The number of hydrogen-bond acceptors (Lipinski definition) is 4. The fourth-order valence-electron chi connectivity index (χ4n) is 4.82. The number of likely N-dealkylation sites (tertiary alicyclic amines) is 1. The summed E-state index contributed by atoms with van der Waals surface area (Å²) < 4.78 is 0. The smallest absolute Gasteiger partial charge is 0.236 e. The summed E-state index contributed by atoms with van der Waals surface area (Å²) in [5.74, 6) is 0.525. The van der Waals surface area contributed by atoms with Crippen LogP contribution in [0.4, 0.5) is 0 Å². The van der Waals surface area contributed by atoms with E-state index < -0.39 is 0 Å².